The van der Waals surface area contributed by atoms with E-state index in [0.717, 1.165) is 17.6 Å². The minimum Gasteiger partial charge on any atom is -0.302 e. The van der Waals surface area contributed by atoms with Crippen LogP contribution in [0.1, 0.15) is 21.7 Å². The van der Waals surface area contributed by atoms with E-state index in [1.165, 1.54) is 11.8 Å². The van der Waals surface area contributed by atoms with E-state index in [9.17, 15) is 13.2 Å². The topological polar surface area (TPSA) is 93.9 Å². The van der Waals surface area contributed by atoms with Gasteiger partial charge in [0, 0.05) is 18.7 Å². The summed E-state index contributed by atoms with van der Waals surface area (Å²) < 4.78 is 26.4. The average Bonchev–Trinajstić information content (AvgIpc) is 2.93. The molecule has 0 atom stereocenters. The monoisotopic (exact) mass is 394 g/mol. The van der Waals surface area contributed by atoms with Crippen LogP contribution >= 0.6 is 11.8 Å². The Kier molecular flexibility index (Phi) is 7.13. The lowest BCUT2D eigenvalue weighted by Gasteiger charge is -2.06. The molecule has 0 bridgehead atoms. The van der Waals surface area contributed by atoms with Gasteiger partial charge in [0.15, 0.2) is 10.9 Å². The standard InChI is InChI=1S/C17H22N4O3S2/c1-4-11-21-13(2)19-20-17(21)25-12-16(22)15-7-5-14(6-8-15)9-10-18-26(3,23)24/h4-8,18H,1,9-12H2,2-3H3. The average molecular weight is 395 g/mol. The third-order valence-corrected chi connectivity index (χ3v) is 5.29. The van der Waals surface area contributed by atoms with E-state index in [0.29, 0.717) is 30.2 Å². The van der Waals surface area contributed by atoms with Crippen molar-refractivity contribution in [1.82, 2.24) is 19.5 Å². The molecule has 2 rings (SSSR count). The second-order valence-corrected chi connectivity index (χ2v) is 8.53. The van der Waals surface area contributed by atoms with Crippen LogP contribution in [-0.2, 0) is 23.0 Å². The maximum absolute atomic E-state index is 12.4. The predicted octanol–water partition coefficient (Wildman–Crippen LogP) is 1.84. The number of nitrogens with zero attached hydrogens (tertiary/aromatic N) is 3. The highest BCUT2D eigenvalue weighted by Crippen LogP contribution is 2.18. The molecule has 0 saturated carbocycles. The highest BCUT2D eigenvalue weighted by Gasteiger charge is 2.12. The Labute approximate surface area is 158 Å². The van der Waals surface area contributed by atoms with E-state index >= 15 is 0 Å². The van der Waals surface area contributed by atoms with Crippen molar-refractivity contribution < 1.29 is 13.2 Å². The van der Waals surface area contributed by atoms with Gasteiger partial charge in [0.05, 0.1) is 12.0 Å². The van der Waals surface area contributed by atoms with Gasteiger partial charge in [-0.25, -0.2) is 13.1 Å². The number of benzene rings is 1. The fourth-order valence-corrected chi connectivity index (χ4v) is 3.62. The Hall–Kier alpha value is -1.97. The fraction of sp³-hybridized carbons (Fsp3) is 0.353. The molecule has 0 amide bonds. The molecule has 0 aliphatic rings. The summed E-state index contributed by atoms with van der Waals surface area (Å²) in [5.74, 6) is 1.05. The summed E-state index contributed by atoms with van der Waals surface area (Å²) in [6, 6.07) is 7.20. The summed E-state index contributed by atoms with van der Waals surface area (Å²) in [5.41, 5.74) is 1.58. The van der Waals surface area contributed by atoms with Crippen LogP contribution in [0, 0.1) is 6.92 Å². The number of allylic oxidation sites excluding steroid dienone is 1. The molecular formula is C17H22N4O3S2. The molecule has 9 heteroatoms. The summed E-state index contributed by atoms with van der Waals surface area (Å²) in [4.78, 5) is 12.4. The van der Waals surface area contributed by atoms with Crippen LogP contribution in [-0.4, -0.2) is 47.5 Å². The largest absolute Gasteiger partial charge is 0.302 e. The van der Waals surface area contributed by atoms with Crippen molar-refractivity contribution in [1.29, 1.82) is 0 Å². The lowest BCUT2D eigenvalue weighted by atomic mass is 10.1. The van der Waals surface area contributed by atoms with E-state index in [2.05, 4.69) is 21.5 Å². The molecule has 140 valence electrons. The van der Waals surface area contributed by atoms with Crippen LogP contribution < -0.4 is 4.72 Å². The van der Waals surface area contributed by atoms with Crippen molar-refractivity contribution >= 4 is 27.6 Å². The first-order chi connectivity index (χ1) is 12.3. The van der Waals surface area contributed by atoms with E-state index in [4.69, 9.17) is 0 Å². The molecule has 1 N–H and O–H groups in total. The van der Waals surface area contributed by atoms with Gasteiger partial charge in [-0.1, -0.05) is 42.1 Å². The molecular weight excluding hydrogens is 372 g/mol. The minimum absolute atomic E-state index is 0.00150. The van der Waals surface area contributed by atoms with Gasteiger partial charge in [-0.3, -0.25) is 4.79 Å². The van der Waals surface area contributed by atoms with Crippen molar-refractivity contribution in [2.45, 2.75) is 25.0 Å². The molecule has 0 unspecified atom stereocenters. The number of hydrogen-bond acceptors (Lipinski definition) is 6. The Morgan fingerprint density at radius 1 is 1.31 bits per heavy atom. The molecule has 0 fully saturated rings. The summed E-state index contributed by atoms with van der Waals surface area (Å²) >= 11 is 1.35. The number of Topliss-reactive ketones (excluding diaryl/α,β-unsaturated/α-hetero) is 1. The van der Waals surface area contributed by atoms with Gasteiger partial charge in [-0.05, 0) is 18.9 Å². The Morgan fingerprint density at radius 2 is 2.00 bits per heavy atom. The molecule has 1 heterocycles. The second-order valence-electron chi connectivity index (χ2n) is 5.75. The molecule has 0 radical (unpaired) electrons. The molecule has 0 spiro atoms. The SMILES string of the molecule is C=CCn1c(C)nnc1SCC(=O)c1ccc(CCNS(C)(=O)=O)cc1. The number of carbonyl (C=O) groups excluding carboxylic acids is 1. The van der Waals surface area contributed by atoms with E-state index in [1.54, 1.807) is 18.2 Å². The van der Waals surface area contributed by atoms with Gasteiger partial charge < -0.3 is 4.57 Å². The van der Waals surface area contributed by atoms with Crippen LogP contribution in [0.15, 0.2) is 42.1 Å². The highest BCUT2D eigenvalue weighted by molar-refractivity contribution is 7.99. The molecule has 7 nitrogen and oxygen atoms in total. The third-order valence-electron chi connectivity index (χ3n) is 3.60. The number of hydrogen-bond donors (Lipinski definition) is 1. The smallest absolute Gasteiger partial charge is 0.208 e. The molecule has 26 heavy (non-hydrogen) atoms. The summed E-state index contributed by atoms with van der Waals surface area (Å²) in [6.45, 7) is 6.51. The maximum Gasteiger partial charge on any atom is 0.208 e. The molecule has 1 aromatic heterocycles. The number of aromatic nitrogens is 3. The number of nitrogens with one attached hydrogen (secondary N) is 1. The zero-order chi connectivity index (χ0) is 19.2. The van der Waals surface area contributed by atoms with Gasteiger partial charge in [0.25, 0.3) is 0 Å². The van der Waals surface area contributed by atoms with Gasteiger partial charge in [-0.15, -0.1) is 16.8 Å². The number of sulfonamides is 1. The molecule has 0 aliphatic carbocycles. The van der Waals surface area contributed by atoms with E-state index < -0.39 is 10.0 Å². The van der Waals surface area contributed by atoms with Crippen LogP contribution in [0.25, 0.3) is 0 Å². The third kappa shape index (κ3) is 6.08. The summed E-state index contributed by atoms with van der Waals surface area (Å²) in [5, 5.41) is 8.81. The zero-order valence-electron chi connectivity index (χ0n) is 14.8. The van der Waals surface area contributed by atoms with Crippen molar-refractivity contribution in [2.75, 3.05) is 18.6 Å². The Bertz CT molecular complexity index is 874. The Balaban J connectivity index is 1.91. The molecule has 2 aromatic rings. The number of rotatable bonds is 10. The van der Waals surface area contributed by atoms with E-state index in [1.807, 2.05) is 23.6 Å². The number of ketones is 1. The van der Waals surface area contributed by atoms with Gasteiger partial charge in [0.2, 0.25) is 10.0 Å². The van der Waals surface area contributed by atoms with Crippen molar-refractivity contribution in [3.8, 4) is 0 Å². The summed E-state index contributed by atoms with van der Waals surface area (Å²) in [7, 11) is -3.18. The first kappa shape index (κ1) is 20.3. The minimum atomic E-state index is -3.18. The molecule has 1 aromatic carbocycles. The van der Waals surface area contributed by atoms with Crippen molar-refractivity contribution in [3.63, 3.8) is 0 Å². The fourth-order valence-electron chi connectivity index (χ4n) is 2.26. The number of thioether (sulfide) groups is 1. The van der Waals surface area contributed by atoms with Crippen molar-refractivity contribution in [3.05, 3.63) is 53.9 Å². The first-order valence-corrected chi connectivity index (χ1v) is 10.9. The van der Waals surface area contributed by atoms with Crippen molar-refractivity contribution in [2.24, 2.45) is 0 Å². The maximum atomic E-state index is 12.4. The number of carbonyl (C=O) groups is 1. The van der Waals surface area contributed by atoms with Gasteiger partial charge in [-0.2, -0.15) is 0 Å². The van der Waals surface area contributed by atoms with Crippen LogP contribution in [0.5, 0.6) is 0 Å². The number of aryl methyl sites for hydroxylation is 1. The Morgan fingerprint density at radius 3 is 2.62 bits per heavy atom. The summed E-state index contributed by atoms with van der Waals surface area (Å²) in [6.07, 6.45) is 3.46. The second kappa shape index (κ2) is 9.11. The zero-order valence-corrected chi connectivity index (χ0v) is 16.4. The van der Waals surface area contributed by atoms with E-state index in [-0.39, 0.29) is 11.5 Å². The normalized spacial score (nSPS) is 11.5. The van der Waals surface area contributed by atoms with Gasteiger partial charge in [0.1, 0.15) is 5.82 Å². The predicted molar refractivity (Wildman–Crippen MR) is 103 cm³/mol. The molecule has 0 saturated heterocycles. The lowest BCUT2D eigenvalue weighted by molar-refractivity contribution is 0.102. The first-order valence-electron chi connectivity index (χ1n) is 8.00. The van der Waals surface area contributed by atoms with Crippen LogP contribution in [0.2, 0.25) is 0 Å². The lowest BCUT2D eigenvalue weighted by Crippen LogP contribution is -2.24. The van der Waals surface area contributed by atoms with Crippen LogP contribution in [0.3, 0.4) is 0 Å². The quantitative estimate of drug-likeness (QED) is 0.375. The molecule has 0 aliphatic heterocycles. The highest BCUT2D eigenvalue weighted by atomic mass is 32.2. The van der Waals surface area contributed by atoms with Crippen LogP contribution in [0.4, 0.5) is 0 Å². The van der Waals surface area contributed by atoms with Gasteiger partial charge >= 0.3 is 0 Å².